The third-order valence-corrected chi connectivity index (χ3v) is 3.70. The van der Waals surface area contributed by atoms with Crippen LogP contribution in [0.25, 0.3) is 0 Å². The second-order valence-corrected chi connectivity index (χ2v) is 5.07. The molecule has 1 amide bonds. The monoisotopic (exact) mass is 262 g/mol. The number of methoxy groups -OCH3 is 1. The van der Waals surface area contributed by atoms with Crippen molar-refractivity contribution in [3.05, 3.63) is 23.8 Å². The molecular weight excluding hydrogens is 244 g/mol. The van der Waals surface area contributed by atoms with Crippen LogP contribution in [0.15, 0.2) is 18.2 Å². The zero-order chi connectivity index (χ0) is 13.2. The van der Waals surface area contributed by atoms with Gasteiger partial charge in [0.15, 0.2) is 6.61 Å². The van der Waals surface area contributed by atoms with Crippen LogP contribution in [-0.2, 0) is 16.1 Å². The van der Waals surface area contributed by atoms with Gasteiger partial charge in [-0.2, -0.15) is 0 Å². The summed E-state index contributed by atoms with van der Waals surface area (Å²) in [6.45, 7) is 0.898. The first-order valence-electron chi connectivity index (χ1n) is 6.56. The smallest absolute Gasteiger partial charge is 0.262 e. The minimum atomic E-state index is -0.0976. The number of carbonyl (C=O) groups excluding carboxylic acids is 1. The maximum absolute atomic E-state index is 11.3. The van der Waals surface area contributed by atoms with E-state index < -0.39 is 0 Å². The maximum atomic E-state index is 11.3. The van der Waals surface area contributed by atoms with Crippen LogP contribution in [-0.4, -0.2) is 31.8 Å². The molecule has 1 heterocycles. The molecule has 0 spiro atoms. The zero-order valence-electron chi connectivity index (χ0n) is 10.9. The average molecular weight is 262 g/mol. The van der Waals surface area contributed by atoms with Gasteiger partial charge in [0.2, 0.25) is 0 Å². The van der Waals surface area contributed by atoms with Crippen molar-refractivity contribution in [2.24, 2.45) is 0 Å². The number of hydrogen-bond donors (Lipinski definition) is 2. The predicted octanol–water partition coefficient (Wildman–Crippen LogP) is 1.28. The van der Waals surface area contributed by atoms with E-state index in [0.29, 0.717) is 12.1 Å². The van der Waals surface area contributed by atoms with Crippen molar-refractivity contribution in [1.82, 2.24) is 5.32 Å². The molecular formula is C14H18N2O3. The molecule has 1 aliphatic carbocycles. The molecule has 2 aliphatic rings. The van der Waals surface area contributed by atoms with E-state index in [0.717, 1.165) is 36.4 Å². The van der Waals surface area contributed by atoms with E-state index in [-0.39, 0.29) is 12.5 Å². The van der Waals surface area contributed by atoms with Crippen molar-refractivity contribution >= 4 is 11.6 Å². The SMILES string of the molecule is COC1CC(NCc2ccc3c(c2)NC(=O)CO3)C1. The van der Waals surface area contributed by atoms with E-state index in [1.54, 1.807) is 7.11 Å². The molecule has 0 radical (unpaired) electrons. The summed E-state index contributed by atoms with van der Waals surface area (Å²) >= 11 is 0. The first-order chi connectivity index (χ1) is 9.24. The Kier molecular flexibility index (Phi) is 3.40. The van der Waals surface area contributed by atoms with E-state index in [1.807, 2.05) is 18.2 Å². The summed E-state index contributed by atoms with van der Waals surface area (Å²) in [5, 5.41) is 6.30. The van der Waals surface area contributed by atoms with Crippen LogP contribution in [0.1, 0.15) is 18.4 Å². The fourth-order valence-electron chi connectivity index (χ4n) is 2.43. The van der Waals surface area contributed by atoms with Crippen LogP contribution in [0.5, 0.6) is 5.75 Å². The summed E-state index contributed by atoms with van der Waals surface area (Å²) in [4.78, 5) is 11.3. The van der Waals surface area contributed by atoms with Gasteiger partial charge in [0, 0.05) is 19.7 Å². The molecule has 102 valence electrons. The van der Waals surface area contributed by atoms with E-state index in [4.69, 9.17) is 9.47 Å². The number of nitrogens with one attached hydrogen (secondary N) is 2. The van der Waals surface area contributed by atoms with Gasteiger partial charge in [-0.25, -0.2) is 0 Å². The van der Waals surface area contributed by atoms with Crippen LogP contribution in [0, 0.1) is 0 Å². The standard InChI is InChI=1S/C14H18N2O3/c1-18-11-5-10(6-11)15-7-9-2-3-13-12(4-9)16-14(17)8-19-13/h2-4,10-11,15H,5-8H2,1H3,(H,16,17). The van der Waals surface area contributed by atoms with E-state index in [9.17, 15) is 4.79 Å². The van der Waals surface area contributed by atoms with Gasteiger partial charge < -0.3 is 20.1 Å². The topological polar surface area (TPSA) is 59.6 Å². The highest BCUT2D eigenvalue weighted by Crippen LogP contribution is 2.29. The fourth-order valence-corrected chi connectivity index (χ4v) is 2.43. The molecule has 3 rings (SSSR count). The first-order valence-corrected chi connectivity index (χ1v) is 6.56. The van der Waals surface area contributed by atoms with Crippen LogP contribution in [0.2, 0.25) is 0 Å². The molecule has 0 bridgehead atoms. The van der Waals surface area contributed by atoms with Gasteiger partial charge in [0.1, 0.15) is 5.75 Å². The number of benzene rings is 1. The third kappa shape index (κ3) is 2.72. The van der Waals surface area contributed by atoms with Crippen molar-refractivity contribution in [2.75, 3.05) is 19.0 Å². The Bertz CT molecular complexity index is 484. The molecule has 0 atom stereocenters. The Morgan fingerprint density at radius 2 is 2.32 bits per heavy atom. The molecule has 1 fully saturated rings. The summed E-state index contributed by atoms with van der Waals surface area (Å²) in [5.74, 6) is 0.644. The highest BCUT2D eigenvalue weighted by molar-refractivity contribution is 5.95. The van der Waals surface area contributed by atoms with Gasteiger partial charge in [0.05, 0.1) is 11.8 Å². The Balaban J connectivity index is 1.57. The lowest BCUT2D eigenvalue weighted by atomic mass is 9.89. The summed E-state index contributed by atoms with van der Waals surface area (Å²) < 4.78 is 10.6. The van der Waals surface area contributed by atoms with Crippen LogP contribution < -0.4 is 15.4 Å². The minimum absolute atomic E-state index is 0.0976. The predicted molar refractivity (Wildman–Crippen MR) is 71.2 cm³/mol. The summed E-state index contributed by atoms with van der Waals surface area (Å²) in [6.07, 6.45) is 2.55. The van der Waals surface area contributed by atoms with Crippen LogP contribution >= 0.6 is 0 Å². The highest BCUT2D eigenvalue weighted by atomic mass is 16.5. The number of fused-ring (bicyclic) bond motifs is 1. The van der Waals surface area contributed by atoms with Crippen molar-refractivity contribution < 1.29 is 14.3 Å². The molecule has 0 unspecified atom stereocenters. The molecule has 1 aromatic carbocycles. The Hall–Kier alpha value is -1.59. The van der Waals surface area contributed by atoms with Crippen molar-refractivity contribution in [2.45, 2.75) is 31.5 Å². The molecule has 0 saturated heterocycles. The van der Waals surface area contributed by atoms with Gasteiger partial charge in [-0.05, 0) is 30.5 Å². The molecule has 1 aromatic rings. The molecule has 0 aromatic heterocycles. The molecule has 2 N–H and O–H groups in total. The molecule has 19 heavy (non-hydrogen) atoms. The number of carbonyl (C=O) groups is 1. The molecule has 1 saturated carbocycles. The van der Waals surface area contributed by atoms with Crippen LogP contribution in [0.4, 0.5) is 5.69 Å². The highest BCUT2D eigenvalue weighted by Gasteiger charge is 2.28. The first kappa shape index (κ1) is 12.4. The largest absolute Gasteiger partial charge is 0.482 e. The van der Waals surface area contributed by atoms with Gasteiger partial charge in [-0.3, -0.25) is 4.79 Å². The lowest BCUT2D eigenvalue weighted by Crippen LogP contribution is -2.44. The number of anilines is 1. The average Bonchev–Trinajstić information content (AvgIpc) is 2.36. The van der Waals surface area contributed by atoms with Gasteiger partial charge in [-0.1, -0.05) is 6.07 Å². The summed E-state index contributed by atoms with van der Waals surface area (Å²) in [7, 11) is 1.76. The van der Waals surface area contributed by atoms with E-state index in [1.165, 1.54) is 0 Å². The van der Waals surface area contributed by atoms with Gasteiger partial charge >= 0.3 is 0 Å². The third-order valence-electron chi connectivity index (χ3n) is 3.70. The van der Waals surface area contributed by atoms with Crippen molar-refractivity contribution in [1.29, 1.82) is 0 Å². The number of hydrogen-bond acceptors (Lipinski definition) is 4. The Morgan fingerprint density at radius 3 is 3.11 bits per heavy atom. The molecule has 1 aliphatic heterocycles. The van der Waals surface area contributed by atoms with Gasteiger partial charge in [0.25, 0.3) is 5.91 Å². The second kappa shape index (κ2) is 5.19. The zero-order valence-corrected chi connectivity index (χ0v) is 10.9. The van der Waals surface area contributed by atoms with Gasteiger partial charge in [-0.15, -0.1) is 0 Å². The maximum Gasteiger partial charge on any atom is 0.262 e. The lowest BCUT2D eigenvalue weighted by Gasteiger charge is -2.34. The Labute approximate surface area is 112 Å². The second-order valence-electron chi connectivity index (χ2n) is 5.07. The molecule has 5 heteroatoms. The van der Waals surface area contributed by atoms with E-state index >= 15 is 0 Å². The number of ether oxygens (including phenoxy) is 2. The summed E-state index contributed by atoms with van der Waals surface area (Å²) in [6, 6.07) is 6.43. The minimum Gasteiger partial charge on any atom is -0.482 e. The Morgan fingerprint density at radius 1 is 1.47 bits per heavy atom. The fraction of sp³-hybridized carbons (Fsp3) is 0.500. The molecule has 5 nitrogen and oxygen atoms in total. The quantitative estimate of drug-likeness (QED) is 0.858. The van der Waals surface area contributed by atoms with Crippen molar-refractivity contribution in [3.8, 4) is 5.75 Å². The number of amides is 1. The van der Waals surface area contributed by atoms with Crippen molar-refractivity contribution in [3.63, 3.8) is 0 Å². The van der Waals surface area contributed by atoms with Crippen LogP contribution in [0.3, 0.4) is 0 Å². The van der Waals surface area contributed by atoms with E-state index in [2.05, 4.69) is 10.6 Å². The lowest BCUT2D eigenvalue weighted by molar-refractivity contribution is -0.118. The summed E-state index contributed by atoms with van der Waals surface area (Å²) in [5.41, 5.74) is 1.91. The number of rotatable bonds is 4. The normalized spacial score (nSPS) is 25.0.